The van der Waals surface area contributed by atoms with Gasteiger partial charge in [0.05, 0.1) is 20.3 Å². The number of esters is 1. The van der Waals surface area contributed by atoms with Crippen LogP contribution in [0.4, 0.5) is 5.13 Å². The summed E-state index contributed by atoms with van der Waals surface area (Å²) in [5.74, 6) is 0.0421. The van der Waals surface area contributed by atoms with Crippen molar-refractivity contribution in [2.45, 2.75) is 13.0 Å². The van der Waals surface area contributed by atoms with Gasteiger partial charge in [-0.15, -0.1) is 0 Å². The third-order valence-corrected chi connectivity index (χ3v) is 4.40. The summed E-state index contributed by atoms with van der Waals surface area (Å²) in [6.45, 7) is 1.98. The number of nitrogens with one attached hydrogen (secondary N) is 1. The van der Waals surface area contributed by atoms with E-state index in [2.05, 4.69) is 20.3 Å². The average Bonchev–Trinajstić information content (AvgIpc) is 3.02. The Morgan fingerprint density at radius 1 is 1.25 bits per heavy atom. The number of carbonyl (C=O) groups is 1. The summed E-state index contributed by atoms with van der Waals surface area (Å²) in [5.41, 5.74) is 1.91. The molecule has 1 N–H and O–H groups in total. The summed E-state index contributed by atoms with van der Waals surface area (Å²) >= 11 is 1.43. The molecule has 8 heteroatoms. The van der Waals surface area contributed by atoms with Crippen molar-refractivity contribution in [1.29, 1.82) is 0 Å². The van der Waals surface area contributed by atoms with Gasteiger partial charge in [-0.2, -0.15) is 4.98 Å². The SMILES string of the molecule is COC(=O)c1cc([C@H](C)Nc2nc3nccnc3s2)ccc1OC. The predicted octanol–water partition coefficient (Wildman–Crippen LogP) is 3.05. The van der Waals surface area contributed by atoms with Gasteiger partial charge in [-0.05, 0) is 24.6 Å². The zero-order valence-electron chi connectivity index (χ0n) is 13.4. The lowest BCUT2D eigenvalue weighted by molar-refractivity contribution is 0.0597. The molecular formula is C16H16N4O3S. The first-order valence-corrected chi connectivity index (χ1v) is 8.04. The third-order valence-electron chi connectivity index (χ3n) is 3.52. The van der Waals surface area contributed by atoms with Crippen LogP contribution in [0.3, 0.4) is 0 Å². The largest absolute Gasteiger partial charge is 0.496 e. The first-order chi connectivity index (χ1) is 11.6. The molecule has 0 saturated carbocycles. The minimum Gasteiger partial charge on any atom is -0.496 e. The van der Waals surface area contributed by atoms with Crippen LogP contribution >= 0.6 is 11.3 Å². The van der Waals surface area contributed by atoms with Gasteiger partial charge in [-0.1, -0.05) is 17.4 Å². The fourth-order valence-electron chi connectivity index (χ4n) is 2.27. The summed E-state index contributed by atoms with van der Waals surface area (Å²) in [4.78, 5) is 25.5. The van der Waals surface area contributed by atoms with E-state index in [0.29, 0.717) is 17.0 Å². The number of nitrogens with zero attached hydrogens (tertiary/aromatic N) is 3. The molecule has 0 amide bonds. The summed E-state index contributed by atoms with van der Waals surface area (Å²) < 4.78 is 10.0. The minimum atomic E-state index is -0.436. The number of benzene rings is 1. The number of methoxy groups -OCH3 is 2. The molecule has 7 nitrogen and oxygen atoms in total. The maximum atomic E-state index is 11.9. The maximum absolute atomic E-state index is 11.9. The maximum Gasteiger partial charge on any atom is 0.341 e. The van der Waals surface area contributed by atoms with Crippen LogP contribution in [0.1, 0.15) is 28.9 Å². The highest BCUT2D eigenvalue weighted by molar-refractivity contribution is 7.21. The number of hydrogen-bond acceptors (Lipinski definition) is 8. The van der Waals surface area contributed by atoms with Crippen molar-refractivity contribution < 1.29 is 14.3 Å². The van der Waals surface area contributed by atoms with Gasteiger partial charge in [0.25, 0.3) is 0 Å². The number of thiazole rings is 1. The monoisotopic (exact) mass is 344 g/mol. The fraction of sp³-hybridized carbons (Fsp3) is 0.250. The minimum absolute atomic E-state index is 0.0696. The van der Waals surface area contributed by atoms with E-state index in [1.165, 1.54) is 25.6 Å². The molecule has 0 bridgehead atoms. The van der Waals surface area contributed by atoms with E-state index in [9.17, 15) is 4.79 Å². The molecular weight excluding hydrogens is 328 g/mol. The van der Waals surface area contributed by atoms with Crippen molar-refractivity contribution in [3.63, 3.8) is 0 Å². The van der Waals surface area contributed by atoms with Gasteiger partial charge in [0, 0.05) is 12.4 Å². The molecule has 1 aromatic carbocycles. The average molecular weight is 344 g/mol. The Hall–Kier alpha value is -2.74. The second-order valence-electron chi connectivity index (χ2n) is 5.02. The van der Waals surface area contributed by atoms with Crippen LogP contribution in [0.5, 0.6) is 5.75 Å². The van der Waals surface area contributed by atoms with E-state index >= 15 is 0 Å². The van der Waals surface area contributed by atoms with Gasteiger partial charge in [0.15, 0.2) is 15.6 Å². The molecule has 124 valence electrons. The lowest BCUT2D eigenvalue weighted by Crippen LogP contribution is -2.10. The predicted molar refractivity (Wildman–Crippen MR) is 91.6 cm³/mol. The van der Waals surface area contributed by atoms with Crippen LogP contribution < -0.4 is 10.1 Å². The van der Waals surface area contributed by atoms with Gasteiger partial charge in [0.2, 0.25) is 0 Å². The molecule has 2 heterocycles. The quantitative estimate of drug-likeness (QED) is 0.712. The molecule has 0 aliphatic heterocycles. The topological polar surface area (TPSA) is 86.2 Å². The Bertz CT molecular complexity index is 848. The van der Waals surface area contributed by atoms with Gasteiger partial charge in [-0.25, -0.2) is 14.8 Å². The van der Waals surface area contributed by atoms with E-state index in [1.54, 1.807) is 24.5 Å². The molecule has 0 unspecified atom stereocenters. The van der Waals surface area contributed by atoms with Gasteiger partial charge in [0.1, 0.15) is 11.3 Å². The normalized spacial score (nSPS) is 12.0. The van der Waals surface area contributed by atoms with Crippen LogP contribution in [0.15, 0.2) is 30.6 Å². The molecule has 3 aromatic rings. The Balaban J connectivity index is 1.86. The van der Waals surface area contributed by atoms with Crippen molar-refractivity contribution in [1.82, 2.24) is 15.0 Å². The molecule has 0 aliphatic carbocycles. The van der Waals surface area contributed by atoms with Crippen LogP contribution in [0.25, 0.3) is 10.5 Å². The smallest absolute Gasteiger partial charge is 0.341 e. The van der Waals surface area contributed by atoms with E-state index in [0.717, 1.165) is 15.5 Å². The Morgan fingerprint density at radius 2 is 2.04 bits per heavy atom. The number of ether oxygens (including phenoxy) is 2. The van der Waals surface area contributed by atoms with E-state index in [1.807, 2.05) is 13.0 Å². The number of rotatable bonds is 5. The van der Waals surface area contributed by atoms with Crippen molar-refractivity contribution in [2.75, 3.05) is 19.5 Å². The Morgan fingerprint density at radius 3 is 2.75 bits per heavy atom. The van der Waals surface area contributed by atoms with E-state index < -0.39 is 5.97 Å². The molecule has 3 rings (SSSR count). The summed E-state index contributed by atoms with van der Waals surface area (Å²) in [6.07, 6.45) is 3.25. The second-order valence-corrected chi connectivity index (χ2v) is 6.00. The van der Waals surface area contributed by atoms with Gasteiger partial charge < -0.3 is 14.8 Å². The lowest BCUT2D eigenvalue weighted by Gasteiger charge is -2.15. The number of hydrogen-bond donors (Lipinski definition) is 1. The molecule has 0 aliphatic rings. The summed E-state index contributed by atoms with van der Waals surface area (Å²) in [6, 6.07) is 5.33. The summed E-state index contributed by atoms with van der Waals surface area (Å²) in [5, 5.41) is 4.03. The lowest BCUT2D eigenvalue weighted by atomic mass is 10.0. The molecule has 24 heavy (non-hydrogen) atoms. The Kier molecular flexibility index (Phi) is 4.57. The highest BCUT2D eigenvalue weighted by Crippen LogP contribution is 2.29. The molecule has 0 fully saturated rings. The van der Waals surface area contributed by atoms with Gasteiger partial charge >= 0.3 is 5.97 Å². The first-order valence-electron chi connectivity index (χ1n) is 7.22. The molecule has 0 spiro atoms. The highest BCUT2D eigenvalue weighted by Gasteiger charge is 2.17. The fourth-order valence-corrected chi connectivity index (χ4v) is 3.13. The number of fused-ring (bicyclic) bond motifs is 1. The van der Waals surface area contributed by atoms with Crippen molar-refractivity contribution in [3.05, 3.63) is 41.7 Å². The second kappa shape index (κ2) is 6.79. The number of anilines is 1. The molecule has 2 aromatic heterocycles. The number of aromatic nitrogens is 3. The van der Waals surface area contributed by atoms with Gasteiger partial charge in [-0.3, -0.25) is 0 Å². The standard InChI is InChI=1S/C16H16N4O3S/c1-9(19-16-20-13-14(24-16)18-7-6-17-13)10-4-5-12(22-2)11(8-10)15(21)23-3/h4-9H,1-3H3,(H,17,19,20)/t9-/m0/s1. The van der Waals surface area contributed by atoms with Crippen molar-refractivity contribution in [2.24, 2.45) is 0 Å². The van der Waals surface area contributed by atoms with E-state index in [4.69, 9.17) is 9.47 Å². The zero-order valence-corrected chi connectivity index (χ0v) is 14.3. The van der Waals surface area contributed by atoms with Crippen LogP contribution in [-0.4, -0.2) is 35.1 Å². The molecule has 0 radical (unpaired) electrons. The first kappa shape index (κ1) is 16.1. The van der Waals surface area contributed by atoms with Crippen molar-refractivity contribution in [3.8, 4) is 5.75 Å². The van der Waals surface area contributed by atoms with Crippen LogP contribution in [-0.2, 0) is 4.74 Å². The molecule has 0 saturated heterocycles. The summed E-state index contributed by atoms with van der Waals surface area (Å²) in [7, 11) is 2.86. The van der Waals surface area contributed by atoms with Crippen molar-refractivity contribution >= 4 is 32.9 Å². The Labute approximate surface area is 142 Å². The number of carbonyl (C=O) groups excluding carboxylic acids is 1. The third kappa shape index (κ3) is 3.13. The zero-order chi connectivity index (χ0) is 17.1. The highest BCUT2D eigenvalue weighted by atomic mass is 32.1. The molecule has 1 atom stereocenters. The van der Waals surface area contributed by atoms with Crippen LogP contribution in [0.2, 0.25) is 0 Å². The van der Waals surface area contributed by atoms with Crippen LogP contribution in [0, 0.1) is 0 Å². The van der Waals surface area contributed by atoms with E-state index in [-0.39, 0.29) is 6.04 Å².